The minimum atomic E-state index is -2.17. The monoisotopic (exact) mass is 298 g/mol. The van der Waals surface area contributed by atoms with Gasteiger partial charge in [0.05, 0.1) is 6.61 Å². The molecule has 0 bridgehead atoms. The summed E-state index contributed by atoms with van der Waals surface area (Å²) in [5, 5.41) is 2.58. The fraction of sp³-hybridized carbons (Fsp3) is 0.500. The third-order valence-corrected chi connectivity index (χ3v) is 3.21. The van der Waals surface area contributed by atoms with Crippen molar-refractivity contribution in [2.75, 3.05) is 6.61 Å². The molecule has 20 heavy (non-hydrogen) atoms. The Bertz CT molecular complexity index is 456. The summed E-state index contributed by atoms with van der Waals surface area (Å²) in [5.74, 6) is 0.0382. The molecular formula is C14H21NO4P+. The van der Waals surface area contributed by atoms with Crippen LogP contribution in [0.3, 0.4) is 0 Å². The summed E-state index contributed by atoms with van der Waals surface area (Å²) in [6, 6.07) is 8.08. The van der Waals surface area contributed by atoms with E-state index in [2.05, 4.69) is 5.09 Å². The SMILES string of the molecule is C[C@H](N[P+](=O)Oc1ccccc1)C(=O)OCC(C)(C)C. The minimum absolute atomic E-state index is 0.0991. The Kier molecular flexibility index (Phi) is 6.11. The molecule has 1 aromatic rings. The molecule has 0 saturated carbocycles. The van der Waals surface area contributed by atoms with Crippen molar-refractivity contribution in [1.82, 2.24) is 5.09 Å². The van der Waals surface area contributed by atoms with Crippen LogP contribution in [0, 0.1) is 5.41 Å². The van der Waals surface area contributed by atoms with E-state index < -0.39 is 20.2 Å². The second-order valence-electron chi connectivity index (χ2n) is 5.68. The van der Waals surface area contributed by atoms with Crippen molar-refractivity contribution in [2.45, 2.75) is 33.7 Å². The van der Waals surface area contributed by atoms with Crippen LogP contribution >= 0.6 is 8.18 Å². The number of para-hydroxylation sites is 1. The van der Waals surface area contributed by atoms with E-state index in [1.165, 1.54) is 0 Å². The number of carbonyl (C=O) groups excluding carboxylic acids is 1. The number of hydrogen-bond acceptors (Lipinski definition) is 4. The molecular weight excluding hydrogens is 277 g/mol. The average Bonchev–Trinajstić information content (AvgIpc) is 2.36. The van der Waals surface area contributed by atoms with Gasteiger partial charge in [0, 0.05) is 4.57 Å². The van der Waals surface area contributed by atoms with E-state index in [1.54, 1.807) is 31.2 Å². The van der Waals surface area contributed by atoms with Gasteiger partial charge in [-0.1, -0.05) is 44.1 Å². The van der Waals surface area contributed by atoms with Crippen LogP contribution in [-0.2, 0) is 14.1 Å². The molecule has 0 aliphatic carbocycles. The first-order chi connectivity index (χ1) is 9.28. The first-order valence-electron chi connectivity index (χ1n) is 6.41. The van der Waals surface area contributed by atoms with Crippen LogP contribution in [0.5, 0.6) is 5.75 Å². The molecule has 6 heteroatoms. The predicted octanol–water partition coefficient (Wildman–Crippen LogP) is 3.29. The third kappa shape index (κ3) is 6.64. The van der Waals surface area contributed by atoms with Gasteiger partial charge in [0.15, 0.2) is 5.75 Å². The average molecular weight is 298 g/mol. The molecule has 110 valence electrons. The molecule has 1 rings (SSSR count). The minimum Gasteiger partial charge on any atom is -0.464 e. The van der Waals surface area contributed by atoms with Crippen molar-refractivity contribution in [2.24, 2.45) is 5.41 Å². The smallest absolute Gasteiger partial charge is 0.464 e. The molecule has 2 atom stereocenters. The van der Waals surface area contributed by atoms with E-state index in [4.69, 9.17) is 9.26 Å². The summed E-state index contributed by atoms with van der Waals surface area (Å²) >= 11 is 0. The quantitative estimate of drug-likeness (QED) is 0.645. The van der Waals surface area contributed by atoms with Gasteiger partial charge in [-0.2, -0.15) is 0 Å². The van der Waals surface area contributed by atoms with Gasteiger partial charge in [0.25, 0.3) is 0 Å². The molecule has 1 aromatic carbocycles. The Morgan fingerprint density at radius 1 is 1.30 bits per heavy atom. The fourth-order valence-corrected chi connectivity index (χ4v) is 2.01. The Morgan fingerprint density at radius 2 is 1.90 bits per heavy atom. The number of rotatable bonds is 6. The number of nitrogens with one attached hydrogen (secondary N) is 1. The number of hydrogen-bond donors (Lipinski definition) is 1. The Morgan fingerprint density at radius 3 is 2.45 bits per heavy atom. The number of ether oxygens (including phenoxy) is 1. The first kappa shape index (κ1) is 16.6. The van der Waals surface area contributed by atoms with Gasteiger partial charge in [-0.25, -0.2) is 4.52 Å². The molecule has 0 heterocycles. The summed E-state index contributed by atoms with van der Waals surface area (Å²) in [6.07, 6.45) is 0. The lowest BCUT2D eigenvalue weighted by Gasteiger charge is -2.18. The highest BCUT2D eigenvalue weighted by Gasteiger charge is 2.29. The molecule has 1 N–H and O–H groups in total. The summed E-state index contributed by atoms with van der Waals surface area (Å²) in [5.41, 5.74) is -0.0991. The first-order valence-corrected chi connectivity index (χ1v) is 7.59. The van der Waals surface area contributed by atoms with E-state index in [0.717, 1.165) is 0 Å². The van der Waals surface area contributed by atoms with Crippen molar-refractivity contribution >= 4 is 14.1 Å². The van der Waals surface area contributed by atoms with Crippen molar-refractivity contribution in [3.05, 3.63) is 30.3 Å². The summed E-state index contributed by atoms with van der Waals surface area (Å²) in [6.45, 7) is 7.81. The fourth-order valence-electron chi connectivity index (χ4n) is 1.23. The molecule has 5 nitrogen and oxygen atoms in total. The lowest BCUT2D eigenvalue weighted by atomic mass is 9.99. The van der Waals surface area contributed by atoms with Crippen LogP contribution < -0.4 is 9.61 Å². The normalized spacial score (nSPS) is 13.5. The maximum absolute atomic E-state index is 11.7. The van der Waals surface area contributed by atoms with Gasteiger partial charge in [-0.15, -0.1) is 0 Å². The lowest BCUT2D eigenvalue weighted by Crippen LogP contribution is -2.33. The van der Waals surface area contributed by atoms with Crippen LogP contribution in [0.25, 0.3) is 0 Å². The highest BCUT2D eigenvalue weighted by atomic mass is 31.1. The molecule has 0 spiro atoms. The van der Waals surface area contributed by atoms with Gasteiger partial charge < -0.3 is 4.74 Å². The van der Waals surface area contributed by atoms with Crippen LogP contribution in [0.1, 0.15) is 27.7 Å². The Hall–Kier alpha value is -1.45. The van der Waals surface area contributed by atoms with Gasteiger partial charge in [0.1, 0.15) is 6.04 Å². The van der Waals surface area contributed by atoms with Crippen LogP contribution in [0.4, 0.5) is 0 Å². The zero-order valence-electron chi connectivity index (χ0n) is 12.3. The highest BCUT2D eigenvalue weighted by Crippen LogP contribution is 2.23. The van der Waals surface area contributed by atoms with E-state index in [-0.39, 0.29) is 5.41 Å². The molecule has 0 saturated heterocycles. The van der Waals surface area contributed by atoms with Crippen LogP contribution in [0.2, 0.25) is 0 Å². The Labute approximate surface area is 120 Å². The van der Waals surface area contributed by atoms with E-state index >= 15 is 0 Å². The van der Waals surface area contributed by atoms with Crippen molar-refractivity contribution < 1.29 is 18.6 Å². The molecule has 0 radical (unpaired) electrons. The molecule has 1 unspecified atom stereocenters. The van der Waals surface area contributed by atoms with Crippen molar-refractivity contribution in [1.29, 1.82) is 0 Å². The maximum Gasteiger partial charge on any atom is 0.664 e. The summed E-state index contributed by atoms with van der Waals surface area (Å²) < 4.78 is 22.0. The number of esters is 1. The maximum atomic E-state index is 11.7. The predicted molar refractivity (Wildman–Crippen MR) is 77.7 cm³/mol. The Balaban J connectivity index is 2.39. The zero-order chi connectivity index (χ0) is 15.2. The second kappa shape index (κ2) is 7.36. The highest BCUT2D eigenvalue weighted by molar-refractivity contribution is 7.37. The molecule has 0 amide bonds. The second-order valence-corrected chi connectivity index (χ2v) is 6.64. The van der Waals surface area contributed by atoms with Gasteiger partial charge in [-0.05, 0) is 24.5 Å². The zero-order valence-corrected chi connectivity index (χ0v) is 13.1. The van der Waals surface area contributed by atoms with Crippen molar-refractivity contribution in [3.63, 3.8) is 0 Å². The third-order valence-electron chi connectivity index (χ3n) is 2.23. The van der Waals surface area contributed by atoms with Crippen LogP contribution in [0.15, 0.2) is 30.3 Å². The standard InChI is InChI=1S/C14H21NO4P/c1-11(13(16)18-10-14(2,3)4)15-20(17)19-12-8-6-5-7-9-12/h5-9,11H,10H2,1-4H3,(H,15,17)/q+1/t11-/m0/s1. The topological polar surface area (TPSA) is 64.6 Å². The number of carbonyl (C=O) groups is 1. The van der Waals surface area contributed by atoms with Crippen molar-refractivity contribution in [3.8, 4) is 5.75 Å². The molecule has 0 aliphatic heterocycles. The van der Waals surface area contributed by atoms with Gasteiger partial charge >= 0.3 is 14.1 Å². The molecule has 0 aliphatic rings. The molecule has 0 aromatic heterocycles. The van der Waals surface area contributed by atoms with E-state index in [1.807, 2.05) is 26.8 Å². The van der Waals surface area contributed by atoms with E-state index in [0.29, 0.717) is 12.4 Å². The summed E-state index contributed by atoms with van der Waals surface area (Å²) in [4.78, 5) is 11.7. The molecule has 0 fully saturated rings. The van der Waals surface area contributed by atoms with Gasteiger partial charge in [0.2, 0.25) is 0 Å². The van der Waals surface area contributed by atoms with Crippen LogP contribution in [-0.4, -0.2) is 18.6 Å². The van der Waals surface area contributed by atoms with Gasteiger partial charge in [-0.3, -0.25) is 4.79 Å². The lowest BCUT2D eigenvalue weighted by molar-refractivity contribution is -0.147. The number of benzene rings is 1. The summed E-state index contributed by atoms with van der Waals surface area (Å²) in [7, 11) is -2.17. The van der Waals surface area contributed by atoms with E-state index in [9.17, 15) is 9.36 Å². The largest absolute Gasteiger partial charge is 0.664 e.